The van der Waals surface area contributed by atoms with E-state index >= 15 is 4.39 Å². The van der Waals surface area contributed by atoms with Crippen LogP contribution in [-0.2, 0) is 22.6 Å². The fourth-order valence-electron chi connectivity index (χ4n) is 3.57. The van der Waals surface area contributed by atoms with Crippen LogP contribution in [-0.4, -0.2) is 31.3 Å². The van der Waals surface area contributed by atoms with Crippen molar-refractivity contribution in [3.8, 4) is 16.9 Å². The molecule has 0 aliphatic rings. The highest BCUT2D eigenvalue weighted by Gasteiger charge is 2.15. The van der Waals surface area contributed by atoms with Crippen LogP contribution in [0.2, 0.25) is 0 Å². The second kappa shape index (κ2) is 11.4. The van der Waals surface area contributed by atoms with Crippen LogP contribution in [0.5, 0.6) is 5.75 Å². The number of carbonyl (C=O) groups is 1. The summed E-state index contributed by atoms with van der Waals surface area (Å²) in [6, 6.07) is 17.5. The SMILES string of the molecule is COCCNc1cc(COc2ccccc2CC(=O)O)cc(-c2cccc(C(C)N)c2F)c1. The standard InChI is InChI=1S/C26H29FN2O4/c1-17(28)22-7-5-8-23(26(22)27)20-12-18(13-21(14-20)29-10-11-32-2)16-33-24-9-4-3-6-19(24)15-25(30)31/h3-9,12-14,17,29H,10-11,15-16,28H2,1-2H3,(H,30,31). The van der Waals surface area contributed by atoms with Gasteiger partial charge in [0.1, 0.15) is 18.2 Å². The summed E-state index contributed by atoms with van der Waals surface area (Å²) >= 11 is 0. The molecule has 0 spiro atoms. The molecule has 3 aromatic rings. The first-order chi connectivity index (χ1) is 15.9. The third-order valence-corrected chi connectivity index (χ3v) is 5.17. The maximum Gasteiger partial charge on any atom is 0.307 e. The van der Waals surface area contributed by atoms with Crippen molar-refractivity contribution in [2.45, 2.75) is 26.0 Å². The molecule has 0 fully saturated rings. The molecule has 0 saturated heterocycles. The molecule has 0 bridgehead atoms. The van der Waals surface area contributed by atoms with E-state index in [0.29, 0.717) is 41.2 Å². The molecule has 0 aromatic heterocycles. The van der Waals surface area contributed by atoms with E-state index in [4.69, 9.17) is 20.3 Å². The fraction of sp³-hybridized carbons (Fsp3) is 0.269. The Balaban J connectivity index is 1.93. The summed E-state index contributed by atoms with van der Waals surface area (Å²) in [4.78, 5) is 11.2. The van der Waals surface area contributed by atoms with E-state index in [-0.39, 0.29) is 18.8 Å². The molecule has 174 valence electrons. The summed E-state index contributed by atoms with van der Waals surface area (Å²) in [6.45, 7) is 3.05. The van der Waals surface area contributed by atoms with E-state index in [1.165, 1.54) is 0 Å². The summed E-state index contributed by atoms with van der Waals surface area (Å²) in [5.74, 6) is -0.772. The zero-order valence-electron chi connectivity index (χ0n) is 18.8. The monoisotopic (exact) mass is 452 g/mol. The summed E-state index contributed by atoms with van der Waals surface area (Å²) in [6.07, 6.45) is -0.130. The van der Waals surface area contributed by atoms with E-state index in [1.54, 1.807) is 56.5 Å². The Morgan fingerprint density at radius 2 is 1.94 bits per heavy atom. The normalized spacial score (nSPS) is 11.8. The molecule has 4 N–H and O–H groups in total. The second-order valence-electron chi connectivity index (χ2n) is 7.80. The molecule has 1 unspecified atom stereocenters. The van der Waals surface area contributed by atoms with Crippen LogP contribution in [0.3, 0.4) is 0 Å². The molecule has 6 nitrogen and oxygen atoms in total. The highest BCUT2D eigenvalue weighted by atomic mass is 19.1. The summed E-state index contributed by atoms with van der Waals surface area (Å²) in [5.41, 5.74) is 9.73. The molecule has 0 aliphatic carbocycles. The third-order valence-electron chi connectivity index (χ3n) is 5.17. The van der Waals surface area contributed by atoms with Crippen molar-refractivity contribution < 1.29 is 23.8 Å². The van der Waals surface area contributed by atoms with E-state index in [9.17, 15) is 4.79 Å². The molecular weight excluding hydrogens is 423 g/mol. The number of benzene rings is 3. The van der Waals surface area contributed by atoms with Gasteiger partial charge >= 0.3 is 5.97 Å². The predicted octanol–water partition coefficient (Wildman–Crippen LogP) is 4.78. The number of ether oxygens (including phenoxy) is 2. The van der Waals surface area contributed by atoms with Crippen LogP contribution >= 0.6 is 0 Å². The van der Waals surface area contributed by atoms with E-state index in [1.807, 2.05) is 18.2 Å². The first-order valence-corrected chi connectivity index (χ1v) is 10.7. The van der Waals surface area contributed by atoms with Gasteiger partial charge < -0.3 is 25.6 Å². The van der Waals surface area contributed by atoms with Gasteiger partial charge in [-0.05, 0) is 42.3 Å². The van der Waals surface area contributed by atoms with E-state index in [2.05, 4.69) is 5.32 Å². The zero-order chi connectivity index (χ0) is 23.8. The smallest absolute Gasteiger partial charge is 0.307 e. The van der Waals surface area contributed by atoms with Crippen molar-refractivity contribution in [3.63, 3.8) is 0 Å². The van der Waals surface area contributed by atoms with Crippen LogP contribution < -0.4 is 15.8 Å². The van der Waals surface area contributed by atoms with Crippen molar-refractivity contribution in [1.82, 2.24) is 0 Å². The third kappa shape index (κ3) is 6.54. The van der Waals surface area contributed by atoms with Crippen LogP contribution in [0.15, 0.2) is 60.7 Å². The lowest BCUT2D eigenvalue weighted by molar-refractivity contribution is -0.136. The Morgan fingerprint density at radius 3 is 2.67 bits per heavy atom. The van der Waals surface area contributed by atoms with Crippen LogP contribution in [0.1, 0.15) is 29.7 Å². The summed E-state index contributed by atoms with van der Waals surface area (Å²) in [7, 11) is 1.63. The molecule has 33 heavy (non-hydrogen) atoms. The maximum absolute atomic E-state index is 15.2. The van der Waals surface area contributed by atoms with Gasteiger partial charge in [0.05, 0.1) is 13.0 Å². The lowest BCUT2D eigenvalue weighted by atomic mass is 9.97. The molecule has 0 saturated carbocycles. The average Bonchev–Trinajstić information content (AvgIpc) is 2.78. The van der Waals surface area contributed by atoms with Gasteiger partial charge in [-0.3, -0.25) is 4.79 Å². The zero-order valence-corrected chi connectivity index (χ0v) is 18.8. The predicted molar refractivity (Wildman–Crippen MR) is 127 cm³/mol. The van der Waals surface area contributed by atoms with Crippen molar-refractivity contribution in [2.24, 2.45) is 5.73 Å². The molecule has 7 heteroatoms. The number of aliphatic carboxylic acids is 1. The molecule has 3 rings (SSSR count). The number of hydrogen-bond donors (Lipinski definition) is 3. The summed E-state index contributed by atoms with van der Waals surface area (Å²) < 4.78 is 26.3. The first kappa shape index (κ1) is 24.2. The second-order valence-corrected chi connectivity index (χ2v) is 7.80. The highest BCUT2D eigenvalue weighted by Crippen LogP contribution is 2.31. The largest absolute Gasteiger partial charge is 0.489 e. The first-order valence-electron chi connectivity index (χ1n) is 10.7. The van der Waals surface area contributed by atoms with Crippen molar-refractivity contribution >= 4 is 11.7 Å². The van der Waals surface area contributed by atoms with Gasteiger partial charge in [-0.15, -0.1) is 0 Å². The maximum atomic E-state index is 15.2. The van der Waals surface area contributed by atoms with E-state index < -0.39 is 12.0 Å². The molecule has 1 atom stereocenters. The Labute approximate surface area is 193 Å². The van der Waals surface area contributed by atoms with Crippen LogP contribution in [0.4, 0.5) is 10.1 Å². The Bertz CT molecular complexity index is 1100. The van der Waals surface area contributed by atoms with Crippen LogP contribution in [0, 0.1) is 5.82 Å². The number of nitrogens with one attached hydrogen (secondary N) is 1. The van der Waals surface area contributed by atoms with Gasteiger partial charge in [0.2, 0.25) is 0 Å². The Morgan fingerprint density at radius 1 is 1.15 bits per heavy atom. The van der Waals surface area contributed by atoms with Crippen molar-refractivity contribution in [3.05, 3.63) is 83.2 Å². The lowest BCUT2D eigenvalue weighted by Crippen LogP contribution is -2.09. The van der Waals surface area contributed by atoms with E-state index in [0.717, 1.165) is 11.3 Å². The van der Waals surface area contributed by atoms with Crippen molar-refractivity contribution in [1.29, 1.82) is 0 Å². The molecule has 0 radical (unpaired) electrons. The molecule has 0 amide bonds. The minimum Gasteiger partial charge on any atom is -0.489 e. The van der Waals surface area contributed by atoms with Gasteiger partial charge in [-0.1, -0.05) is 36.4 Å². The summed E-state index contributed by atoms with van der Waals surface area (Å²) in [5, 5.41) is 12.4. The quantitative estimate of drug-likeness (QED) is 0.363. The number of rotatable bonds is 11. The fourth-order valence-corrected chi connectivity index (χ4v) is 3.57. The minimum absolute atomic E-state index is 0.130. The number of nitrogens with two attached hydrogens (primary N) is 1. The van der Waals surface area contributed by atoms with Gasteiger partial charge in [0, 0.05) is 42.1 Å². The van der Waals surface area contributed by atoms with Gasteiger partial charge in [0.25, 0.3) is 0 Å². The molecule has 0 aliphatic heterocycles. The number of carboxylic acids is 1. The molecule has 3 aromatic carbocycles. The minimum atomic E-state index is -0.929. The van der Waals surface area contributed by atoms with Gasteiger partial charge in [-0.25, -0.2) is 4.39 Å². The topological polar surface area (TPSA) is 93.8 Å². The number of methoxy groups -OCH3 is 1. The lowest BCUT2D eigenvalue weighted by Gasteiger charge is -2.16. The average molecular weight is 453 g/mol. The number of para-hydroxylation sites is 1. The number of carboxylic acid groups (broad SMARTS) is 1. The van der Waals surface area contributed by atoms with Gasteiger partial charge in [-0.2, -0.15) is 0 Å². The Kier molecular flexibility index (Phi) is 8.40. The number of anilines is 1. The molecule has 0 heterocycles. The van der Waals surface area contributed by atoms with Crippen LogP contribution in [0.25, 0.3) is 11.1 Å². The highest BCUT2D eigenvalue weighted by molar-refractivity contribution is 5.72. The number of halogens is 1. The number of hydrogen-bond acceptors (Lipinski definition) is 5. The van der Waals surface area contributed by atoms with Crippen molar-refractivity contribution in [2.75, 3.05) is 25.6 Å². The molecular formula is C26H29FN2O4. The van der Waals surface area contributed by atoms with Gasteiger partial charge in [0.15, 0.2) is 0 Å². The Hall–Kier alpha value is -3.42.